The summed E-state index contributed by atoms with van der Waals surface area (Å²) < 4.78 is 1.97. The van der Waals surface area contributed by atoms with Gasteiger partial charge in [0.15, 0.2) is 0 Å². The second-order valence-corrected chi connectivity index (χ2v) is 5.05. The first-order chi connectivity index (χ1) is 9.24. The van der Waals surface area contributed by atoms with Crippen LogP contribution in [0.15, 0.2) is 24.3 Å². The summed E-state index contributed by atoms with van der Waals surface area (Å²) in [7, 11) is 1.85. The van der Waals surface area contributed by atoms with E-state index in [1.54, 1.807) is 4.90 Å². The Balaban J connectivity index is 2.31. The molecule has 4 heteroatoms. The second kappa shape index (κ2) is 4.70. The largest absolute Gasteiger partial charge is 0.395 e. The molecule has 4 nitrogen and oxygen atoms in total. The van der Waals surface area contributed by atoms with Crippen LogP contribution in [0.25, 0.3) is 10.9 Å². The zero-order valence-corrected chi connectivity index (χ0v) is 11.1. The first kappa shape index (κ1) is 12.2. The van der Waals surface area contributed by atoms with Gasteiger partial charge in [-0.15, -0.1) is 0 Å². The molecule has 2 aromatic rings. The number of amides is 1. The van der Waals surface area contributed by atoms with Crippen LogP contribution in [0.5, 0.6) is 0 Å². The minimum absolute atomic E-state index is 0.0438. The van der Waals surface area contributed by atoms with Gasteiger partial charge in [0.1, 0.15) is 5.69 Å². The summed E-state index contributed by atoms with van der Waals surface area (Å²) in [5, 5.41) is 10.4. The van der Waals surface area contributed by atoms with Crippen LogP contribution in [-0.4, -0.2) is 40.7 Å². The van der Waals surface area contributed by atoms with Crippen molar-refractivity contribution in [2.24, 2.45) is 0 Å². The molecule has 0 saturated heterocycles. The molecule has 1 aromatic carbocycles. The molecule has 2 heterocycles. The molecule has 1 amide bonds. The third kappa shape index (κ3) is 1.83. The number of carbonyl (C=O) groups is 1. The summed E-state index contributed by atoms with van der Waals surface area (Å²) >= 11 is 0. The number of carbonyl (C=O) groups excluding carboxylic acids is 1. The van der Waals surface area contributed by atoms with Crippen molar-refractivity contribution in [2.45, 2.75) is 19.4 Å². The zero-order chi connectivity index (χ0) is 13.4. The van der Waals surface area contributed by atoms with Crippen molar-refractivity contribution in [3.8, 4) is 0 Å². The maximum atomic E-state index is 12.5. The fourth-order valence-corrected chi connectivity index (χ4v) is 2.98. The van der Waals surface area contributed by atoms with Gasteiger partial charge in [0.2, 0.25) is 0 Å². The number of hydrogen-bond donors (Lipinski definition) is 1. The molecular formula is C15H18N2O2. The lowest BCUT2D eigenvalue weighted by atomic mass is 10.1. The van der Waals surface area contributed by atoms with Crippen molar-refractivity contribution in [1.29, 1.82) is 0 Å². The predicted octanol–water partition coefficient (Wildman–Crippen LogP) is 1.65. The summed E-state index contributed by atoms with van der Waals surface area (Å²) in [5.74, 6) is 0.0668. The van der Waals surface area contributed by atoms with Gasteiger partial charge in [0.05, 0.1) is 6.61 Å². The van der Waals surface area contributed by atoms with E-state index in [0.717, 1.165) is 41.5 Å². The van der Waals surface area contributed by atoms with Crippen molar-refractivity contribution in [2.75, 3.05) is 20.2 Å². The summed E-state index contributed by atoms with van der Waals surface area (Å²) in [5.41, 5.74) is 2.94. The van der Waals surface area contributed by atoms with Gasteiger partial charge in [0.25, 0.3) is 5.91 Å². The topological polar surface area (TPSA) is 45.5 Å². The number of aliphatic hydroxyl groups excluding tert-OH is 1. The van der Waals surface area contributed by atoms with Crippen LogP contribution in [-0.2, 0) is 13.0 Å². The first-order valence-electron chi connectivity index (χ1n) is 6.70. The molecule has 0 fully saturated rings. The van der Waals surface area contributed by atoms with Crippen LogP contribution < -0.4 is 0 Å². The maximum Gasteiger partial charge on any atom is 0.270 e. The molecule has 1 aliphatic rings. The number of aliphatic hydroxyl groups is 1. The molecule has 3 rings (SSSR count). The number of rotatable bonds is 2. The predicted molar refractivity (Wildman–Crippen MR) is 74.3 cm³/mol. The Kier molecular flexibility index (Phi) is 3.03. The van der Waals surface area contributed by atoms with Crippen molar-refractivity contribution in [3.05, 3.63) is 35.5 Å². The molecule has 100 valence electrons. The molecule has 0 atom stereocenters. The van der Waals surface area contributed by atoms with Gasteiger partial charge in [-0.3, -0.25) is 4.79 Å². The highest BCUT2D eigenvalue weighted by Crippen LogP contribution is 2.30. The van der Waals surface area contributed by atoms with E-state index in [9.17, 15) is 9.90 Å². The molecule has 0 spiro atoms. The first-order valence-corrected chi connectivity index (χ1v) is 6.70. The third-order valence-electron chi connectivity index (χ3n) is 3.87. The number of benzene rings is 1. The molecule has 19 heavy (non-hydrogen) atoms. The lowest BCUT2D eigenvalue weighted by Crippen LogP contribution is -2.28. The average Bonchev–Trinajstić information content (AvgIpc) is 2.64. The van der Waals surface area contributed by atoms with Crippen LogP contribution in [0, 0.1) is 0 Å². The number of hydrogen-bond acceptors (Lipinski definition) is 2. The lowest BCUT2D eigenvalue weighted by molar-refractivity contribution is 0.0789. The Morgan fingerprint density at radius 2 is 2.11 bits per heavy atom. The van der Waals surface area contributed by atoms with Gasteiger partial charge >= 0.3 is 0 Å². The van der Waals surface area contributed by atoms with Crippen LogP contribution in [0.4, 0.5) is 0 Å². The van der Waals surface area contributed by atoms with E-state index >= 15 is 0 Å². The highest BCUT2D eigenvalue weighted by Gasteiger charge is 2.26. The van der Waals surface area contributed by atoms with Gasteiger partial charge in [-0.05, 0) is 24.5 Å². The van der Waals surface area contributed by atoms with E-state index < -0.39 is 0 Å². The molecule has 1 aliphatic heterocycles. The van der Waals surface area contributed by atoms with Gasteiger partial charge in [-0.1, -0.05) is 18.2 Å². The minimum atomic E-state index is 0.0438. The molecular weight excluding hydrogens is 240 g/mol. The normalized spacial score (nSPS) is 15.7. The smallest absolute Gasteiger partial charge is 0.270 e. The molecule has 0 aliphatic carbocycles. The Hall–Kier alpha value is -1.81. The van der Waals surface area contributed by atoms with Crippen molar-refractivity contribution in [1.82, 2.24) is 9.47 Å². The fourth-order valence-electron chi connectivity index (χ4n) is 2.98. The summed E-state index contributed by atoms with van der Waals surface area (Å²) in [6.45, 7) is 1.30. The molecule has 1 N–H and O–H groups in total. The number of aryl methyl sites for hydroxylation is 1. The van der Waals surface area contributed by atoms with Gasteiger partial charge in [-0.2, -0.15) is 0 Å². The minimum Gasteiger partial charge on any atom is -0.395 e. The van der Waals surface area contributed by atoms with Crippen LogP contribution in [0.2, 0.25) is 0 Å². The number of fused-ring (bicyclic) bond motifs is 3. The van der Waals surface area contributed by atoms with Crippen LogP contribution >= 0.6 is 0 Å². The maximum absolute atomic E-state index is 12.5. The third-order valence-corrected chi connectivity index (χ3v) is 3.87. The van der Waals surface area contributed by atoms with Gasteiger partial charge in [-0.25, -0.2) is 0 Å². The quantitative estimate of drug-likeness (QED) is 0.890. The number of aromatic nitrogens is 1. The van der Waals surface area contributed by atoms with E-state index in [1.807, 2.05) is 29.8 Å². The van der Waals surface area contributed by atoms with Gasteiger partial charge < -0.3 is 14.6 Å². The monoisotopic (exact) mass is 258 g/mol. The second-order valence-electron chi connectivity index (χ2n) is 5.05. The number of para-hydroxylation sites is 1. The summed E-state index contributed by atoms with van der Waals surface area (Å²) in [6.07, 6.45) is 1.91. The SMILES string of the molecule is CN1CCCc2c(n(CCO)c3ccccc23)C1=O. The average molecular weight is 258 g/mol. The van der Waals surface area contributed by atoms with Crippen LogP contribution in [0.1, 0.15) is 22.5 Å². The Bertz CT molecular complexity index is 615. The highest BCUT2D eigenvalue weighted by atomic mass is 16.3. The van der Waals surface area contributed by atoms with Crippen molar-refractivity contribution < 1.29 is 9.90 Å². The van der Waals surface area contributed by atoms with Gasteiger partial charge in [0, 0.05) is 31.0 Å². The molecule has 1 aromatic heterocycles. The van der Waals surface area contributed by atoms with E-state index in [0.29, 0.717) is 6.54 Å². The van der Waals surface area contributed by atoms with E-state index in [-0.39, 0.29) is 12.5 Å². The van der Waals surface area contributed by atoms with E-state index in [2.05, 4.69) is 6.07 Å². The Labute approximate surface area is 112 Å². The summed E-state index contributed by atoms with van der Waals surface area (Å²) in [6, 6.07) is 8.07. The van der Waals surface area contributed by atoms with Crippen molar-refractivity contribution in [3.63, 3.8) is 0 Å². The lowest BCUT2D eigenvalue weighted by Gasteiger charge is -2.16. The highest BCUT2D eigenvalue weighted by molar-refractivity contribution is 6.02. The Morgan fingerprint density at radius 1 is 1.32 bits per heavy atom. The fraction of sp³-hybridized carbons (Fsp3) is 0.400. The van der Waals surface area contributed by atoms with Crippen molar-refractivity contribution >= 4 is 16.8 Å². The summed E-state index contributed by atoms with van der Waals surface area (Å²) in [4.78, 5) is 14.3. The number of nitrogens with zero attached hydrogens (tertiary/aromatic N) is 2. The van der Waals surface area contributed by atoms with E-state index in [1.165, 1.54) is 0 Å². The molecule has 0 saturated carbocycles. The molecule has 0 bridgehead atoms. The standard InChI is InChI=1S/C15H18N2O2/c1-16-8-4-6-12-11-5-2-3-7-13(11)17(9-10-18)14(12)15(16)19/h2-3,5,7,18H,4,6,8-10H2,1H3. The Morgan fingerprint density at radius 3 is 2.89 bits per heavy atom. The molecule has 0 radical (unpaired) electrons. The molecule has 0 unspecified atom stereocenters. The van der Waals surface area contributed by atoms with Crippen LogP contribution in [0.3, 0.4) is 0 Å². The van der Waals surface area contributed by atoms with E-state index in [4.69, 9.17) is 0 Å². The zero-order valence-electron chi connectivity index (χ0n) is 11.1.